The first-order valence-electron chi connectivity index (χ1n) is 5.36. The highest BCUT2D eigenvalue weighted by molar-refractivity contribution is 5.18. The maximum atomic E-state index is 5.11. The third-order valence-corrected chi connectivity index (χ3v) is 0.960. The van der Waals surface area contributed by atoms with E-state index in [1.165, 1.54) is 0 Å². The molecule has 0 aromatic rings. The molecule has 0 spiro atoms. The molecule has 84 valence electrons. The van der Waals surface area contributed by atoms with Gasteiger partial charge >= 0.3 is 0 Å². The Morgan fingerprint density at radius 1 is 1.21 bits per heavy atom. The van der Waals surface area contributed by atoms with Gasteiger partial charge in [0.25, 0.3) is 0 Å². The minimum absolute atomic E-state index is 0.612. The van der Waals surface area contributed by atoms with Gasteiger partial charge < -0.3 is 4.74 Å². The first-order valence-corrected chi connectivity index (χ1v) is 5.36. The maximum Gasteiger partial charge on any atom is 0.0711 e. The molecule has 0 saturated heterocycles. The van der Waals surface area contributed by atoms with Crippen LogP contribution in [0.25, 0.3) is 0 Å². The monoisotopic (exact) mass is 198 g/mol. The van der Waals surface area contributed by atoms with Crippen molar-refractivity contribution in [2.75, 3.05) is 13.2 Å². The Labute approximate surface area is 90.2 Å². The second-order valence-electron chi connectivity index (χ2n) is 1.89. The van der Waals surface area contributed by atoms with E-state index in [9.17, 15) is 0 Å². The van der Waals surface area contributed by atoms with E-state index in [-0.39, 0.29) is 0 Å². The van der Waals surface area contributed by atoms with Crippen LogP contribution < -0.4 is 0 Å². The first-order chi connectivity index (χ1) is 6.81. The number of hydrogen-bond donors (Lipinski definition) is 0. The van der Waals surface area contributed by atoms with Crippen molar-refractivity contribution in [2.24, 2.45) is 0 Å². The van der Waals surface area contributed by atoms with Gasteiger partial charge in [0.05, 0.1) is 6.61 Å². The van der Waals surface area contributed by atoms with Gasteiger partial charge in [0.1, 0.15) is 0 Å². The molecule has 0 saturated carbocycles. The van der Waals surface area contributed by atoms with E-state index < -0.39 is 0 Å². The van der Waals surface area contributed by atoms with E-state index in [2.05, 4.69) is 13.2 Å². The molecule has 0 aliphatic carbocycles. The summed E-state index contributed by atoms with van der Waals surface area (Å²) >= 11 is 0. The molecule has 1 nitrogen and oxygen atoms in total. The summed E-state index contributed by atoms with van der Waals surface area (Å²) in [5, 5.41) is 0. The number of ether oxygens (including phenoxy) is 1. The van der Waals surface area contributed by atoms with Crippen molar-refractivity contribution in [3.63, 3.8) is 0 Å². The highest BCUT2D eigenvalue weighted by Crippen LogP contribution is 1.93. The summed E-state index contributed by atoms with van der Waals surface area (Å²) in [6.07, 6.45) is 5.46. The zero-order valence-electron chi connectivity index (χ0n) is 10.5. The van der Waals surface area contributed by atoms with Gasteiger partial charge in [-0.15, -0.1) is 0 Å². The second-order valence-corrected chi connectivity index (χ2v) is 1.89. The van der Waals surface area contributed by atoms with Crippen molar-refractivity contribution in [2.45, 2.75) is 34.6 Å². The molecular formula is C13H26O. The molecule has 0 radical (unpaired) electrons. The Morgan fingerprint density at radius 3 is 2.07 bits per heavy atom. The smallest absolute Gasteiger partial charge is 0.0711 e. The topological polar surface area (TPSA) is 9.23 Å². The van der Waals surface area contributed by atoms with Crippen LogP contribution in [0.15, 0.2) is 37.0 Å². The molecule has 0 aliphatic rings. The summed E-state index contributed by atoms with van der Waals surface area (Å²) < 4.78 is 5.11. The molecule has 0 atom stereocenters. The Morgan fingerprint density at radius 2 is 1.71 bits per heavy atom. The highest BCUT2D eigenvalue weighted by Gasteiger charge is 1.84. The minimum atomic E-state index is 0.612. The van der Waals surface area contributed by atoms with Gasteiger partial charge in [0, 0.05) is 6.61 Å². The van der Waals surface area contributed by atoms with Crippen LogP contribution in [0.5, 0.6) is 0 Å². The lowest BCUT2D eigenvalue weighted by molar-refractivity contribution is 0.173. The SMILES string of the molecule is C=C/C=C\C(=C)COCC.CC.CC. The average Bonchev–Trinajstić information content (AvgIpc) is 2.29. The lowest BCUT2D eigenvalue weighted by Crippen LogP contribution is -1.93. The third kappa shape index (κ3) is 22.5. The van der Waals surface area contributed by atoms with Crippen molar-refractivity contribution in [1.82, 2.24) is 0 Å². The zero-order chi connectivity index (χ0) is 11.8. The van der Waals surface area contributed by atoms with Crippen molar-refractivity contribution < 1.29 is 4.74 Å². The molecule has 0 bridgehead atoms. The van der Waals surface area contributed by atoms with E-state index in [4.69, 9.17) is 4.74 Å². The summed E-state index contributed by atoms with van der Waals surface area (Å²) in [4.78, 5) is 0. The molecule has 0 rings (SSSR count). The molecule has 0 aliphatic heterocycles. The second kappa shape index (κ2) is 22.8. The van der Waals surface area contributed by atoms with Crippen LogP contribution in [0, 0.1) is 0 Å². The van der Waals surface area contributed by atoms with Gasteiger partial charge in [0.2, 0.25) is 0 Å². The quantitative estimate of drug-likeness (QED) is 0.596. The van der Waals surface area contributed by atoms with Crippen LogP contribution in [0.2, 0.25) is 0 Å². The molecule has 0 N–H and O–H groups in total. The predicted molar refractivity (Wildman–Crippen MR) is 67.7 cm³/mol. The van der Waals surface area contributed by atoms with Gasteiger partial charge in [-0.25, -0.2) is 0 Å². The molecule has 0 heterocycles. The Bertz CT molecular complexity index is 134. The zero-order valence-corrected chi connectivity index (χ0v) is 10.5. The molecule has 0 unspecified atom stereocenters. The van der Waals surface area contributed by atoms with Crippen molar-refractivity contribution in [3.05, 3.63) is 37.0 Å². The van der Waals surface area contributed by atoms with E-state index in [1.807, 2.05) is 46.8 Å². The van der Waals surface area contributed by atoms with Crippen LogP contribution in [0.1, 0.15) is 34.6 Å². The lowest BCUT2D eigenvalue weighted by Gasteiger charge is -1.97. The summed E-state index contributed by atoms with van der Waals surface area (Å²) in [6, 6.07) is 0. The molecule has 1 heteroatoms. The summed E-state index contributed by atoms with van der Waals surface area (Å²) in [5.74, 6) is 0. The van der Waals surface area contributed by atoms with Crippen LogP contribution in [0.3, 0.4) is 0 Å². The predicted octanol–water partition coefficient (Wildman–Crippen LogP) is 4.37. The number of hydrogen-bond acceptors (Lipinski definition) is 1. The van der Waals surface area contributed by atoms with Gasteiger partial charge in [-0.1, -0.05) is 59.1 Å². The highest BCUT2D eigenvalue weighted by atomic mass is 16.5. The van der Waals surface area contributed by atoms with Gasteiger partial charge in [-0.2, -0.15) is 0 Å². The maximum absolute atomic E-state index is 5.11. The van der Waals surface area contributed by atoms with Crippen LogP contribution in [0.4, 0.5) is 0 Å². The molecule has 0 fully saturated rings. The van der Waals surface area contributed by atoms with E-state index >= 15 is 0 Å². The molecule has 0 aromatic carbocycles. The standard InChI is InChI=1S/C9H14O.2C2H6/c1-4-6-7-9(3)8-10-5-2;2*1-2/h4,6-7H,1,3,5,8H2,2H3;2*1-2H3/b7-6-;;. The van der Waals surface area contributed by atoms with Gasteiger partial charge in [0.15, 0.2) is 0 Å². The van der Waals surface area contributed by atoms with Crippen molar-refractivity contribution in [1.29, 1.82) is 0 Å². The average molecular weight is 198 g/mol. The number of rotatable bonds is 5. The summed E-state index contributed by atoms with van der Waals surface area (Å²) in [7, 11) is 0. The normalized spacial score (nSPS) is 8.07. The molecular weight excluding hydrogens is 172 g/mol. The summed E-state index contributed by atoms with van der Waals surface area (Å²) in [5.41, 5.74) is 0.974. The van der Waals surface area contributed by atoms with Crippen LogP contribution >= 0.6 is 0 Å². The first kappa shape index (κ1) is 18.9. The molecule has 0 amide bonds. The van der Waals surface area contributed by atoms with Crippen molar-refractivity contribution in [3.8, 4) is 0 Å². The Hall–Kier alpha value is -0.820. The largest absolute Gasteiger partial charge is 0.377 e. The number of allylic oxidation sites excluding steroid dienone is 2. The van der Waals surface area contributed by atoms with E-state index in [1.54, 1.807) is 6.08 Å². The molecule has 14 heavy (non-hydrogen) atoms. The lowest BCUT2D eigenvalue weighted by atomic mass is 10.3. The van der Waals surface area contributed by atoms with Crippen molar-refractivity contribution >= 4 is 0 Å². The minimum Gasteiger partial charge on any atom is -0.377 e. The fourth-order valence-electron chi connectivity index (χ4n) is 0.485. The third-order valence-electron chi connectivity index (χ3n) is 0.960. The van der Waals surface area contributed by atoms with Crippen LogP contribution in [-0.4, -0.2) is 13.2 Å². The Kier molecular flexibility index (Phi) is 30.7. The summed E-state index contributed by atoms with van der Waals surface area (Å²) in [6.45, 7) is 18.6. The Balaban J connectivity index is -0.000000266. The van der Waals surface area contributed by atoms with E-state index in [0.717, 1.165) is 12.2 Å². The van der Waals surface area contributed by atoms with E-state index in [0.29, 0.717) is 6.61 Å². The van der Waals surface area contributed by atoms with Gasteiger partial charge in [-0.3, -0.25) is 0 Å². The van der Waals surface area contributed by atoms with Gasteiger partial charge in [-0.05, 0) is 12.5 Å². The fourth-order valence-corrected chi connectivity index (χ4v) is 0.485. The fraction of sp³-hybridized carbons (Fsp3) is 0.538. The molecule has 0 aromatic heterocycles. The van der Waals surface area contributed by atoms with Crippen LogP contribution in [-0.2, 0) is 4.74 Å².